The maximum absolute atomic E-state index is 11.5. The molecule has 1 aliphatic heterocycles. The summed E-state index contributed by atoms with van der Waals surface area (Å²) in [4.78, 5) is 0. The lowest BCUT2D eigenvalue weighted by molar-refractivity contribution is 0.0913. The highest BCUT2D eigenvalue weighted by molar-refractivity contribution is 7.89. The van der Waals surface area contributed by atoms with Crippen LogP contribution >= 0.6 is 0 Å². The number of hydrogen-bond acceptors (Lipinski definition) is 4. The summed E-state index contributed by atoms with van der Waals surface area (Å²) >= 11 is 0. The van der Waals surface area contributed by atoms with E-state index in [2.05, 4.69) is 0 Å². The Balaban J connectivity index is 2.55. The quantitative estimate of drug-likeness (QED) is 0.738. The maximum atomic E-state index is 11.5. The lowest BCUT2D eigenvalue weighted by Crippen LogP contribution is -2.41. The average molecular weight is 232 g/mol. The third kappa shape index (κ3) is 3.16. The van der Waals surface area contributed by atoms with E-state index < -0.39 is 15.8 Å². The molecule has 0 radical (unpaired) electrons. The summed E-state index contributed by atoms with van der Waals surface area (Å²) in [5.74, 6) is -0.273. The molecule has 5 nitrogen and oxygen atoms in total. The second kappa shape index (κ2) is 4.92. The Morgan fingerprint density at radius 3 is 2.47 bits per heavy atom. The normalized spacial score (nSPS) is 22.2. The monoisotopic (exact) mass is 232 g/mol. The average Bonchev–Trinajstić information content (AvgIpc) is 2.18. The van der Waals surface area contributed by atoms with Crippen LogP contribution in [0.4, 0.5) is 0 Å². The van der Waals surface area contributed by atoms with Gasteiger partial charge in [0.1, 0.15) is 0 Å². The molecule has 6 heteroatoms. The molecule has 0 amide bonds. The van der Waals surface area contributed by atoms with Crippen LogP contribution in [-0.4, -0.2) is 42.8 Å². The molecule has 1 atom stereocenters. The highest BCUT2D eigenvalue weighted by atomic mass is 32.2. The summed E-state index contributed by atoms with van der Waals surface area (Å²) in [7, 11) is -3.39. The van der Waals surface area contributed by atoms with Crippen LogP contribution in [0.15, 0.2) is 0 Å². The SMILES string of the molecule is CC(O)C1CCN(S(=O)(=O)CC#N)CC1. The van der Waals surface area contributed by atoms with E-state index in [9.17, 15) is 13.5 Å². The molecule has 0 aromatic heterocycles. The largest absolute Gasteiger partial charge is 0.393 e. The van der Waals surface area contributed by atoms with Gasteiger partial charge in [-0.15, -0.1) is 0 Å². The Morgan fingerprint density at radius 2 is 2.07 bits per heavy atom. The number of sulfonamides is 1. The molecule has 0 aromatic rings. The van der Waals surface area contributed by atoms with E-state index in [4.69, 9.17) is 5.26 Å². The summed E-state index contributed by atoms with van der Waals surface area (Å²) < 4.78 is 24.3. The fourth-order valence-electron chi connectivity index (χ4n) is 1.81. The lowest BCUT2D eigenvalue weighted by Gasteiger charge is -2.31. The number of rotatable bonds is 3. The van der Waals surface area contributed by atoms with Crippen LogP contribution in [0.1, 0.15) is 19.8 Å². The van der Waals surface area contributed by atoms with E-state index in [0.717, 1.165) is 0 Å². The Bertz CT molecular complexity index is 337. The molecule has 0 aromatic carbocycles. The van der Waals surface area contributed by atoms with Gasteiger partial charge < -0.3 is 5.11 Å². The molecule has 1 N–H and O–H groups in total. The van der Waals surface area contributed by atoms with Gasteiger partial charge in [-0.25, -0.2) is 12.7 Å². The lowest BCUT2D eigenvalue weighted by atomic mass is 9.93. The van der Waals surface area contributed by atoms with Crippen LogP contribution in [0.3, 0.4) is 0 Å². The van der Waals surface area contributed by atoms with Crippen molar-refractivity contribution >= 4 is 10.0 Å². The summed E-state index contributed by atoms with van der Waals surface area (Å²) in [6.45, 7) is 2.56. The van der Waals surface area contributed by atoms with Crippen LogP contribution in [0.5, 0.6) is 0 Å². The maximum Gasteiger partial charge on any atom is 0.227 e. The molecule has 0 bridgehead atoms. The van der Waals surface area contributed by atoms with Gasteiger partial charge in [-0.05, 0) is 25.7 Å². The first kappa shape index (κ1) is 12.4. The van der Waals surface area contributed by atoms with E-state index in [1.165, 1.54) is 4.31 Å². The van der Waals surface area contributed by atoms with Gasteiger partial charge in [0.15, 0.2) is 5.75 Å². The van der Waals surface area contributed by atoms with Crippen LogP contribution in [0.25, 0.3) is 0 Å². The third-order valence-electron chi connectivity index (χ3n) is 2.82. The van der Waals surface area contributed by atoms with E-state index in [0.29, 0.717) is 25.9 Å². The Morgan fingerprint density at radius 1 is 1.53 bits per heavy atom. The third-order valence-corrected chi connectivity index (χ3v) is 4.47. The molecule has 0 saturated carbocycles. The molecule has 1 aliphatic rings. The van der Waals surface area contributed by atoms with E-state index in [1.807, 2.05) is 0 Å². The molecule has 86 valence electrons. The fraction of sp³-hybridized carbons (Fsp3) is 0.889. The number of nitrogens with zero attached hydrogens (tertiary/aromatic N) is 2. The topological polar surface area (TPSA) is 81.4 Å². The molecule has 1 saturated heterocycles. The van der Waals surface area contributed by atoms with Crippen molar-refractivity contribution < 1.29 is 13.5 Å². The number of aliphatic hydroxyl groups is 1. The van der Waals surface area contributed by atoms with Gasteiger partial charge in [0.25, 0.3) is 0 Å². The molecule has 1 unspecified atom stereocenters. The molecule has 1 fully saturated rings. The van der Waals surface area contributed by atoms with Crippen molar-refractivity contribution in [1.82, 2.24) is 4.31 Å². The van der Waals surface area contributed by atoms with Crippen LogP contribution in [0, 0.1) is 17.2 Å². The van der Waals surface area contributed by atoms with Gasteiger partial charge in [0.05, 0.1) is 12.2 Å². The molecule has 0 spiro atoms. The number of piperidine rings is 1. The predicted molar refractivity (Wildman–Crippen MR) is 55.4 cm³/mol. The van der Waals surface area contributed by atoms with Gasteiger partial charge >= 0.3 is 0 Å². The first-order valence-corrected chi connectivity index (χ1v) is 6.61. The van der Waals surface area contributed by atoms with E-state index in [-0.39, 0.29) is 12.0 Å². The summed E-state index contributed by atoms with van der Waals surface area (Å²) in [6.07, 6.45) is 0.954. The Kier molecular flexibility index (Phi) is 4.08. The van der Waals surface area contributed by atoms with Crippen molar-refractivity contribution in [2.24, 2.45) is 5.92 Å². The van der Waals surface area contributed by atoms with Gasteiger partial charge in [-0.3, -0.25) is 0 Å². The van der Waals surface area contributed by atoms with Gasteiger partial charge in [0, 0.05) is 13.1 Å². The number of nitriles is 1. The van der Waals surface area contributed by atoms with Crippen molar-refractivity contribution in [1.29, 1.82) is 5.26 Å². The zero-order valence-corrected chi connectivity index (χ0v) is 9.57. The molecule has 1 heterocycles. The minimum absolute atomic E-state index is 0.179. The van der Waals surface area contributed by atoms with Crippen LogP contribution < -0.4 is 0 Å². The first-order chi connectivity index (χ1) is 6.97. The second-order valence-corrected chi connectivity index (χ2v) is 5.86. The Hall–Kier alpha value is -0.640. The van der Waals surface area contributed by atoms with Crippen molar-refractivity contribution in [2.45, 2.75) is 25.9 Å². The molecular formula is C9H16N2O3S. The fourth-order valence-corrected chi connectivity index (χ4v) is 2.92. The number of aliphatic hydroxyl groups excluding tert-OH is 1. The van der Waals surface area contributed by atoms with Crippen LogP contribution in [0.2, 0.25) is 0 Å². The zero-order valence-electron chi connectivity index (χ0n) is 8.76. The van der Waals surface area contributed by atoms with Gasteiger partial charge in [-0.2, -0.15) is 5.26 Å². The van der Waals surface area contributed by atoms with Crippen molar-refractivity contribution in [3.8, 4) is 6.07 Å². The number of hydrogen-bond donors (Lipinski definition) is 1. The van der Waals surface area contributed by atoms with Gasteiger partial charge in [0.2, 0.25) is 10.0 Å². The van der Waals surface area contributed by atoms with E-state index in [1.54, 1.807) is 13.0 Å². The summed E-state index contributed by atoms with van der Waals surface area (Å²) in [5.41, 5.74) is 0. The standard InChI is InChI=1S/C9H16N2O3S/c1-8(12)9-2-5-11(6-3-9)15(13,14)7-4-10/h8-9,12H,2-3,5-7H2,1H3. The Labute approximate surface area is 90.4 Å². The molecule has 15 heavy (non-hydrogen) atoms. The smallest absolute Gasteiger partial charge is 0.227 e. The van der Waals surface area contributed by atoms with Crippen LogP contribution in [-0.2, 0) is 10.0 Å². The van der Waals surface area contributed by atoms with E-state index >= 15 is 0 Å². The minimum Gasteiger partial charge on any atom is -0.393 e. The highest BCUT2D eigenvalue weighted by Crippen LogP contribution is 2.22. The molecular weight excluding hydrogens is 216 g/mol. The van der Waals surface area contributed by atoms with Crippen molar-refractivity contribution in [2.75, 3.05) is 18.8 Å². The highest BCUT2D eigenvalue weighted by Gasteiger charge is 2.29. The molecule has 0 aliphatic carbocycles. The summed E-state index contributed by atoms with van der Waals surface area (Å²) in [6, 6.07) is 1.66. The van der Waals surface area contributed by atoms with Crippen molar-refractivity contribution in [3.05, 3.63) is 0 Å². The second-order valence-electron chi connectivity index (χ2n) is 3.89. The van der Waals surface area contributed by atoms with Crippen molar-refractivity contribution in [3.63, 3.8) is 0 Å². The minimum atomic E-state index is -3.39. The van der Waals surface area contributed by atoms with Gasteiger partial charge in [-0.1, -0.05) is 0 Å². The molecule has 1 rings (SSSR count). The summed E-state index contributed by atoms with van der Waals surface area (Å²) in [5, 5.41) is 17.7. The first-order valence-electron chi connectivity index (χ1n) is 5.00. The zero-order chi connectivity index (χ0) is 11.5. The predicted octanol–water partition coefficient (Wildman–Crippen LogP) is -0.0674.